The molecule has 2 fully saturated rings. The van der Waals surface area contributed by atoms with Crippen LogP contribution in [0.15, 0.2) is 23.4 Å². The number of aromatic nitrogens is 1. The molecular weight excluding hydrogens is 293 g/mol. The molecule has 0 spiro atoms. The maximum absolute atomic E-state index is 13.3. The number of piperidine rings is 1. The Kier molecular flexibility index (Phi) is 3.98. The van der Waals surface area contributed by atoms with Gasteiger partial charge in [0.05, 0.1) is 6.20 Å². The zero-order valence-electron chi connectivity index (χ0n) is 12.0. The normalized spacial score (nSPS) is 29.0. The SMILES string of the molecule is CCN(C1CC2CCC(C1)N2)S(=O)(=O)c1cncc(F)c1. The van der Waals surface area contributed by atoms with Gasteiger partial charge in [0.1, 0.15) is 10.7 Å². The van der Waals surface area contributed by atoms with Crippen LogP contribution in [0.4, 0.5) is 4.39 Å². The van der Waals surface area contributed by atoms with E-state index in [1.807, 2.05) is 6.92 Å². The molecule has 21 heavy (non-hydrogen) atoms. The van der Waals surface area contributed by atoms with Crippen LogP contribution in [0.5, 0.6) is 0 Å². The van der Waals surface area contributed by atoms with E-state index in [1.165, 1.54) is 10.5 Å². The lowest BCUT2D eigenvalue weighted by molar-refractivity contribution is 0.232. The van der Waals surface area contributed by atoms with Gasteiger partial charge in [-0.2, -0.15) is 4.31 Å². The molecule has 0 aromatic carbocycles. The van der Waals surface area contributed by atoms with Gasteiger partial charge in [0.15, 0.2) is 0 Å². The van der Waals surface area contributed by atoms with E-state index in [4.69, 9.17) is 0 Å². The molecule has 2 unspecified atom stereocenters. The van der Waals surface area contributed by atoms with Crippen LogP contribution in [0.3, 0.4) is 0 Å². The number of fused-ring (bicyclic) bond motifs is 2. The third-order valence-corrected chi connectivity index (χ3v) is 6.45. The van der Waals surface area contributed by atoms with Gasteiger partial charge in [-0.25, -0.2) is 12.8 Å². The van der Waals surface area contributed by atoms with Gasteiger partial charge in [0, 0.05) is 30.9 Å². The molecule has 2 aliphatic rings. The summed E-state index contributed by atoms with van der Waals surface area (Å²) >= 11 is 0. The first kappa shape index (κ1) is 14.9. The molecule has 1 N–H and O–H groups in total. The molecule has 0 aliphatic carbocycles. The fourth-order valence-corrected chi connectivity index (χ4v) is 5.19. The van der Waals surface area contributed by atoms with Crippen molar-refractivity contribution in [1.82, 2.24) is 14.6 Å². The summed E-state index contributed by atoms with van der Waals surface area (Å²) in [5, 5.41) is 3.51. The Balaban J connectivity index is 1.88. The Bertz CT molecular complexity index is 610. The summed E-state index contributed by atoms with van der Waals surface area (Å²) in [6.45, 7) is 2.22. The van der Waals surface area contributed by atoms with Gasteiger partial charge >= 0.3 is 0 Å². The van der Waals surface area contributed by atoms with Crippen LogP contribution in [0.2, 0.25) is 0 Å². The molecule has 0 saturated carbocycles. The smallest absolute Gasteiger partial charge is 0.244 e. The monoisotopic (exact) mass is 313 g/mol. The van der Waals surface area contributed by atoms with E-state index in [9.17, 15) is 12.8 Å². The highest BCUT2D eigenvalue weighted by Gasteiger charge is 2.39. The number of nitrogens with one attached hydrogen (secondary N) is 1. The van der Waals surface area contributed by atoms with Crippen molar-refractivity contribution >= 4 is 10.0 Å². The van der Waals surface area contributed by atoms with Crippen LogP contribution < -0.4 is 5.32 Å². The number of hydrogen-bond donors (Lipinski definition) is 1. The Hall–Kier alpha value is -1.05. The summed E-state index contributed by atoms with van der Waals surface area (Å²) < 4.78 is 40.3. The zero-order chi connectivity index (χ0) is 15.0. The highest BCUT2D eigenvalue weighted by atomic mass is 32.2. The number of pyridine rings is 1. The first-order valence-corrected chi connectivity index (χ1v) is 8.83. The average molecular weight is 313 g/mol. The highest BCUT2D eigenvalue weighted by molar-refractivity contribution is 7.89. The summed E-state index contributed by atoms with van der Waals surface area (Å²) in [6, 6.07) is 1.84. The largest absolute Gasteiger partial charge is 0.311 e. The van der Waals surface area contributed by atoms with Crippen molar-refractivity contribution in [2.75, 3.05) is 6.54 Å². The maximum atomic E-state index is 13.3. The first-order valence-electron chi connectivity index (χ1n) is 7.39. The molecule has 5 nitrogen and oxygen atoms in total. The molecule has 0 amide bonds. The molecule has 2 aliphatic heterocycles. The summed E-state index contributed by atoms with van der Waals surface area (Å²) in [5.74, 6) is -0.627. The minimum atomic E-state index is -3.69. The van der Waals surface area contributed by atoms with Crippen LogP contribution in [0.1, 0.15) is 32.6 Å². The fourth-order valence-electron chi connectivity index (χ4n) is 3.56. The van der Waals surface area contributed by atoms with Crippen molar-refractivity contribution in [1.29, 1.82) is 0 Å². The van der Waals surface area contributed by atoms with Crippen molar-refractivity contribution in [2.24, 2.45) is 0 Å². The number of rotatable bonds is 4. The van der Waals surface area contributed by atoms with Gasteiger partial charge in [-0.05, 0) is 31.7 Å². The summed E-state index contributed by atoms with van der Waals surface area (Å²) in [4.78, 5) is 3.60. The van der Waals surface area contributed by atoms with Gasteiger partial charge < -0.3 is 5.32 Å². The topological polar surface area (TPSA) is 62.3 Å². The van der Waals surface area contributed by atoms with Crippen molar-refractivity contribution in [3.05, 3.63) is 24.3 Å². The molecule has 116 valence electrons. The van der Waals surface area contributed by atoms with Gasteiger partial charge in [0.25, 0.3) is 0 Å². The van der Waals surface area contributed by atoms with Crippen molar-refractivity contribution in [3.8, 4) is 0 Å². The van der Waals surface area contributed by atoms with Gasteiger partial charge in [0.2, 0.25) is 10.0 Å². The molecule has 2 bridgehead atoms. The third kappa shape index (κ3) is 2.82. The van der Waals surface area contributed by atoms with E-state index < -0.39 is 15.8 Å². The van der Waals surface area contributed by atoms with Crippen LogP contribution in [-0.4, -0.2) is 42.4 Å². The minimum Gasteiger partial charge on any atom is -0.311 e. The van der Waals surface area contributed by atoms with Crippen LogP contribution in [0.25, 0.3) is 0 Å². The van der Waals surface area contributed by atoms with E-state index >= 15 is 0 Å². The van der Waals surface area contributed by atoms with E-state index in [0.29, 0.717) is 18.6 Å². The molecule has 1 aromatic heterocycles. The lowest BCUT2D eigenvalue weighted by Gasteiger charge is -2.36. The zero-order valence-corrected chi connectivity index (χ0v) is 12.8. The quantitative estimate of drug-likeness (QED) is 0.915. The second-order valence-corrected chi connectivity index (χ2v) is 7.70. The summed E-state index contributed by atoms with van der Waals surface area (Å²) in [6.07, 6.45) is 6.11. The molecule has 0 radical (unpaired) electrons. The predicted octanol–water partition coefficient (Wildman–Crippen LogP) is 1.51. The van der Waals surface area contributed by atoms with E-state index in [1.54, 1.807) is 0 Å². The number of sulfonamides is 1. The molecule has 3 rings (SSSR count). The Morgan fingerprint density at radius 1 is 1.33 bits per heavy atom. The predicted molar refractivity (Wildman–Crippen MR) is 76.7 cm³/mol. The number of halogens is 1. The molecule has 7 heteroatoms. The number of hydrogen-bond acceptors (Lipinski definition) is 4. The second kappa shape index (κ2) is 5.62. The minimum absolute atomic E-state index is 0.0120. The molecule has 3 heterocycles. The first-order chi connectivity index (χ1) is 10.0. The Morgan fingerprint density at radius 2 is 2.00 bits per heavy atom. The van der Waals surface area contributed by atoms with Crippen LogP contribution in [-0.2, 0) is 10.0 Å². The van der Waals surface area contributed by atoms with Crippen molar-refractivity contribution < 1.29 is 12.8 Å². The second-order valence-electron chi connectivity index (χ2n) is 5.81. The van der Waals surface area contributed by atoms with Crippen LogP contribution in [0, 0.1) is 5.82 Å². The van der Waals surface area contributed by atoms with Gasteiger partial charge in [-0.3, -0.25) is 4.98 Å². The Morgan fingerprint density at radius 3 is 2.57 bits per heavy atom. The molecule has 2 atom stereocenters. The standard InChI is InChI=1S/C14H20FN3O2S/c1-2-18(13-6-11-3-4-12(7-13)17-11)21(19,20)14-5-10(15)8-16-9-14/h5,8-9,11-13,17H,2-4,6-7H2,1H3. The summed E-state index contributed by atoms with van der Waals surface area (Å²) in [7, 11) is -3.69. The lowest BCUT2D eigenvalue weighted by atomic mass is 10.00. The van der Waals surface area contributed by atoms with Crippen molar-refractivity contribution in [3.63, 3.8) is 0 Å². The van der Waals surface area contributed by atoms with Crippen molar-refractivity contribution in [2.45, 2.75) is 55.6 Å². The maximum Gasteiger partial charge on any atom is 0.244 e. The van der Waals surface area contributed by atoms with Gasteiger partial charge in [-0.15, -0.1) is 0 Å². The fraction of sp³-hybridized carbons (Fsp3) is 0.643. The lowest BCUT2D eigenvalue weighted by Crippen LogP contribution is -2.50. The number of nitrogens with zero attached hydrogens (tertiary/aromatic N) is 2. The van der Waals surface area contributed by atoms with Gasteiger partial charge in [-0.1, -0.05) is 6.92 Å². The highest BCUT2D eigenvalue weighted by Crippen LogP contribution is 2.32. The average Bonchev–Trinajstić information content (AvgIpc) is 2.78. The molecular formula is C14H20FN3O2S. The van der Waals surface area contributed by atoms with E-state index in [0.717, 1.165) is 37.9 Å². The third-order valence-electron chi connectivity index (χ3n) is 4.45. The molecule has 2 saturated heterocycles. The molecule has 1 aromatic rings. The van der Waals surface area contributed by atoms with E-state index in [2.05, 4.69) is 10.3 Å². The summed E-state index contributed by atoms with van der Waals surface area (Å²) in [5.41, 5.74) is 0. The van der Waals surface area contributed by atoms with E-state index in [-0.39, 0.29) is 10.9 Å². The van der Waals surface area contributed by atoms with Crippen LogP contribution >= 0.6 is 0 Å². The Labute approximate surface area is 124 Å².